The highest BCUT2D eigenvalue weighted by Gasteiger charge is 2.30. The van der Waals surface area contributed by atoms with Crippen LogP contribution in [0, 0.1) is 0 Å². The fourth-order valence-corrected chi connectivity index (χ4v) is 4.78. The van der Waals surface area contributed by atoms with Crippen LogP contribution in [0.1, 0.15) is 62.6 Å². The molecule has 0 amide bonds. The van der Waals surface area contributed by atoms with Crippen molar-refractivity contribution >= 4 is 41.3 Å². The van der Waals surface area contributed by atoms with Gasteiger partial charge in [-0.3, -0.25) is 9.89 Å². The summed E-state index contributed by atoms with van der Waals surface area (Å²) in [6.07, 6.45) is 7.79. The van der Waals surface area contributed by atoms with Gasteiger partial charge in [-0.25, -0.2) is 4.98 Å². The van der Waals surface area contributed by atoms with Crippen molar-refractivity contribution in [2.45, 2.75) is 70.4 Å². The van der Waals surface area contributed by atoms with Gasteiger partial charge < -0.3 is 10.6 Å². The predicted octanol–water partition coefficient (Wildman–Crippen LogP) is 3.61. The first-order valence-corrected chi connectivity index (χ1v) is 10.7. The Bertz CT molecular complexity index is 568. The second-order valence-electron chi connectivity index (χ2n) is 7.64. The van der Waals surface area contributed by atoms with Crippen LogP contribution in [-0.4, -0.2) is 54.6 Å². The summed E-state index contributed by atoms with van der Waals surface area (Å²) < 4.78 is 0. The number of nitrogens with zero attached hydrogens (tertiary/aromatic N) is 3. The van der Waals surface area contributed by atoms with Crippen LogP contribution in [-0.2, 0) is 6.42 Å². The Kier molecular flexibility index (Phi) is 9.09. The van der Waals surface area contributed by atoms with Crippen molar-refractivity contribution < 1.29 is 0 Å². The quantitative estimate of drug-likeness (QED) is 0.363. The maximum absolute atomic E-state index is 4.70. The van der Waals surface area contributed by atoms with Gasteiger partial charge >= 0.3 is 0 Å². The molecule has 2 fully saturated rings. The van der Waals surface area contributed by atoms with Crippen LogP contribution in [0.2, 0.25) is 0 Å². The highest BCUT2D eigenvalue weighted by molar-refractivity contribution is 14.0. The summed E-state index contributed by atoms with van der Waals surface area (Å²) in [5.41, 5.74) is 1.19. The van der Waals surface area contributed by atoms with Gasteiger partial charge in [0, 0.05) is 56.5 Å². The molecule has 148 valence electrons. The second kappa shape index (κ2) is 10.8. The number of aliphatic imine (C=N–C) groups is 1. The van der Waals surface area contributed by atoms with Crippen LogP contribution >= 0.6 is 35.3 Å². The molecule has 0 aromatic carbocycles. The molecule has 0 spiro atoms. The van der Waals surface area contributed by atoms with Crippen molar-refractivity contribution in [3.8, 4) is 0 Å². The van der Waals surface area contributed by atoms with E-state index in [1.807, 2.05) is 7.05 Å². The van der Waals surface area contributed by atoms with E-state index in [-0.39, 0.29) is 24.0 Å². The molecule has 0 radical (unpaired) electrons. The van der Waals surface area contributed by atoms with Crippen LogP contribution in [0.15, 0.2) is 10.4 Å². The van der Waals surface area contributed by atoms with Gasteiger partial charge in [-0.1, -0.05) is 26.7 Å². The number of guanidine groups is 1. The van der Waals surface area contributed by atoms with Crippen LogP contribution in [0.5, 0.6) is 0 Å². The zero-order valence-electron chi connectivity index (χ0n) is 16.3. The molecule has 1 aromatic rings. The largest absolute Gasteiger partial charge is 0.356 e. The Morgan fingerprint density at radius 2 is 2.12 bits per heavy atom. The summed E-state index contributed by atoms with van der Waals surface area (Å²) in [6.45, 7) is 7.66. The number of aromatic nitrogens is 1. The van der Waals surface area contributed by atoms with Crippen LogP contribution in [0.25, 0.3) is 0 Å². The van der Waals surface area contributed by atoms with Crippen molar-refractivity contribution in [3.63, 3.8) is 0 Å². The summed E-state index contributed by atoms with van der Waals surface area (Å²) in [7, 11) is 1.86. The average Bonchev–Trinajstić information content (AvgIpc) is 3.34. The maximum Gasteiger partial charge on any atom is 0.191 e. The third-order valence-corrected chi connectivity index (χ3v) is 6.56. The second-order valence-corrected chi connectivity index (χ2v) is 8.53. The van der Waals surface area contributed by atoms with Crippen LogP contribution < -0.4 is 10.6 Å². The summed E-state index contributed by atoms with van der Waals surface area (Å²) in [5, 5.41) is 10.5. The molecule has 1 unspecified atom stereocenters. The van der Waals surface area contributed by atoms with Gasteiger partial charge in [-0.15, -0.1) is 35.3 Å². The normalized spacial score (nSPS) is 22.0. The van der Waals surface area contributed by atoms with E-state index in [2.05, 4.69) is 39.8 Å². The molecule has 26 heavy (non-hydrogen) atoms. The first-order chi connectivity index (χ1) is 12.2. The van der Waals surface area contributed by atoms with Gasteiger partial charge in [0.1, 0.15) is 0 Å². The van der Waals surface area contributed by atoms with Crippen molar-refractivity contribution in [2.75, 3.05) is 26.7 Å². The monoisotopic (exact) mass is 491 g/mol. The Labute approximate surface area is 179 Å². The molecule has 2 aliphatic rings. The average molecular weight is 491 g/mol. The first-order valence-electron chi connectivity index (χ1n) is 9.81. The topological polar surface area (TPSA) is 52.6 Å². The highest BCUT2D eigenvalue weighted by Crippen LogP contribution is 2.26. The van der Waals surface area contributed by atoms with Gasteiger partial charge in [0.15, 0.2) is 5.96 Å². The number of rotatable bonds is 6. The minimum Gasteiger partial charge on any atom is -0.356 e. The van der Waals surface area contributed by atoms with Gasteiger partial charge in [0.05, 0.1) is 10.7 Å². The molecule has 2 N–H and O–H groups in total. The number of thiazole rings is 1. The summed E-state index contributed by atoms with van der Waals surface area (Å²) in [5.74, 6) is 1.45. The molecular weight excluding hydrogens is 457 g/mol. The lowest BCUT2D eigenvalue weighted by Gasteiger charge is -2.24. The maximum atomic E-state index is 4.70. The molecule has 5 nitrogen and oxygen atoms in total. The van der Waals surface area contributed by atoms with Crippen molar-refractivity contribution in [1.82, 2.24) is 20.5 Å². The standard InChI is InChI=1S/C19H33N5S.HI/c1-14(2)18-22-16(13-25-18)8-10-21-19(20-3)23-15-9-11-24(12-15)17-6-4-5-7-17;/h13-15,17H,4-12H2,1-3H3,(H2,20,21,23);1H. The van der Waals surface area contributed by atoms with Crippen molar-refractivity contribution in [1.29, 1.82) is 0 Å². The lowest BCUT2D eigenvalue weighted by molar-refractivity contribution is 0.242. The summed E-state index contributed by atoms with van der Waals surface area (Å²) in [4.78, 5) is 11.8. The van der Waals surface area contributed by atoms with Gasteiger partial charge in [0.2, 0.25) is 0 Å². The molecule has 0 bridgehead atoms. The molecule has 7 heteroatoms. The van der Waals surface area contributed by atoms with Crippen LogP contribution in [0.3, 0.4) is 0 Å². The Morgan fingerprint density at radius 3 is 2.77 bits per heavy atom. The summed E-state index contributed by atoms with van der Waals surface area (Å²) >= 11 is 1.77. The highest BCUT2D eigenvalue weighted by atomic mass is 127. The third kappa shape index (κ3) is 6.05. The van der Waals surface area contributed by atoms with E-state index in [4.69, 9.17) is 4.98 Å². The number of nitrogens with one attached hydrogen (secondary N) is 2. The van der Waals surface area contributed by atoms with Crippen molar-refractivity contribution in [3.05, 3.63) is 16.1 Å². The zero-order valence-corrected chi connectivity index (χ0v) is 19.5. The molecule has 1 aromatic heterocycles. The van der Waals surface area contributed by atoms with Gasteiger partial charge in [-0.05, 0) is 19.3 Å². The zero-order chi connectivity index (χ0) is 17.6. The minimum atomic E-state index is 0. The number of halogens is 1. The van der Waals surface area contributed by atoms with E-state index in [1.165, 1.54) is 49.4 Å². The molecule has 1 aliphatic heterocycles. The van der Waals surface area contributed by atoms with Gasteiger partial charge in [-0.2, -0.15) is 0 Å². The Hall–Kier alpha value is -0.410. The third-order valence-electron chi connectivity index (χ3n) is 5.36. The number of hydrogen-bond acceptors (Lipinski definition) is 4. The van der Waals surface area contributed by atoms with E-state index in [0.717, 1.165) is 31.5 Å². The lowest BCUT2D eigenvalue weighted by Crippen LogP contribution is -2.45. The fourth-order valence-electron chi connectivity index (χ4n) is 3.91. The van der Waals surface area contributed by atoms with Crippen molar-refractivity contribution in [2.24, 2.45) is 4.99 Å². The molecule has 1 saturated carbocycles. The molecular formula is C19H34IN5S. The molecule has 1 aliphatic carbocycles. The lowest BCUT2D eigenvalue weighted by atomic mass is 10.2. The van der Waals surface area contributed by atoms with E-state index in [9.17, 15) is 0 Å². The SMILES string of the molecule is CN=C(NCCc1csc(C(C)C)n1)NC1CCN(C2CCCC2)C1.I. The molecule has 1 atom stereocenters. The summed E-state index contributed by atoms with van der Waals surface area (Å²) in [6, 6.07) is 1.36. The molecule has 1 saturated heterocycles. The van der Waals surface area contributed by atoms with E-state index in [0.29, 0.717) is 12.0 Å². The van der Waals surface area contributed by atoms with E-state index in [1.54, 1.807) is 11.3 Å². The van der Waals surface area contributed by atoms with Crippen LogP contribution in [0.4, 0.5) is 0 Å². The Morgan fingerprint density at radius 1 is 1.35 bits per heavy atom. The predicted molar refractivity (Wildman–Crippen MR) is 122 cm³/mol. The fraction of sp³-hybridized carbons (Fsp3) is 0.789. The van der Waals surface area contributed by atoms with E-state index >= 15 is 0 Å². The Balaban J connectivity index is 0.00000243. The van der Waals surface area contributed by atoms with Gasteiger partial charge in [0.25, 0.3) is 0 Å². The smallest absolute Gasteiger partial charge is 0.191 e. The first kappa shape index (κ1) is 21.9. The number of likely N-dealkylation sites (tertiary alicyclic amines) is 1. The molecule has 2 heterocycles. The molecule has 3 rings (SSSR count). The number of hydrogen-bond donors (Lipinski definition) is 2. The van der Waals surface area contributed by atoms with E-state index < -0.39 is 0 Å². The minimum absolute atomic E-state index is 0.